The molecule has 0 aromatic heterocycles. The molecule has 19 heavy (non-hydrogen) atoms. The molecule has 2 fully saturated rings. The number of rotatable bonds is 0. The molecule has 96 valence electrons. The Morgan fingerprint density at radius 1 is 1.37 bits per heavy atom. The first-order chi connectivity index (χ1) is 9.28. The fraction of sp³-hybridized carbons (Fsp3) is 0.400. The highest BCUT2D eigenvalue weighted by atomic mass is 16.5. The zero-order chi connectivity index (χ0) is 12.6. The van der Waals surface area contributed by atoms with Gasteiger partial charge in [0.15, 0.2) is 0 Å². The Hall–Kier alpha value is -1.81. The number of para-hydroxylation sites is 1. The Balaban J connectivity index is 1.66. The predicted octanol–water partition coefficient (Wildman–Crippen LogP) is 1.61. The molecule has 1 amide bonds. The van der Waals surface area contributed by atoms with Crippen molar-refractivity contribution in [2.75, 3.05) is 11.9 Å². The van der Waals surface area contributed by atoms with Gasteiger partial charge in [0.1, 0.15) is 11.8 Å². The normalized spacial score (nSPS) is 40.9. The number of carbonyl (C=O) groups is 1. The Kier molecular flexibility index (Phi) is 1.59. The van der Waals surface area contributed by atoms with Crippen molar-refractivity contribution < 1.29 is 9.53 Å². The van der Waals surface area contributed by atoms with E-state index in [4.69, 9.17) is 4.74 Å². The highest BCUT2D eigenvalue weighted by Crippen LogP contribution is 2.52. The minimum atomic E-state index is -0.298. The van der Waals surface area contributed by atoms with Gasteiger partial charge < -0.3 is 15.0 Å². The summed E-state index contributed by atoms with van der Waals surface area (Å²) in [5, 5.41) is 3.51. The van der Waals surface area contributed by atoms with Crippen molar-refractivity contribution in [3.63, 3.8) is 0 Å². The van der Waals surface area contributed by atoms with Gasteiger partial charge in [-0.2, -0.15) is 0 Å². The van der Waals surface area contributed by atoms with Crippen LogP contribution in [0.2, 0.25) is 0 Å². The van der Waals surface area contributed by atoms with Crippen LogP contribution in [0, 0.1) is 5.92 Å². The Morgan fingerprint density at radius 2 is 2.26 bits per heavy atom. The number of benzene rings is 1. The van der Waals surface area contributed by atoms with Gasteiger partial charge in [-0.15, -0.1) is 0 Å². The lowest BCUT2D eigenvalue weighted by atomic mass is 9.84. The van der Waals surface area contributed by atoms with Crippen LogP contribution >= 0.6 is 0 Å². The van der Waals surface area contributed by atoms with Crippen molar-refractivity contribution in [1.29, 1.82) is 0 Å². The molecule has 1 aromatic rings. The fourth-order valence-corrected chi connectivity index (χ4v) is 4.09. The summed E-state index contributed by atoms with van der Waals surface area (Å²) in [4.78, 5) is 14.6. The van der Waals surface area contributed by atoms with E-state index >= 15 is 0 Å². The van der Waals surface area contributed by atoms with Crippen LogP contribution in [-0.2, 0) is 4.74 Å². The number of nitrogens with zero attached hydrogens (tertiary/aromatic N) is 1. The number of nitrogens with one attached hydrogen (secondary N) is 1. The van der Waals surface area contributed by atoms with Crippen molar-refractivity contribution in [2.45, 2.75) is 24.3 Å². The van der Waals surface area contributed by atoms with E-state index in [1.807, 2.05) is 29.2 Å². The number of amides is 1. The molecule has 4 heterocycles. The molecule has 2 saturated heterocycles. The first-order valence-corrected chi connectivity index (χ1v) is 6.82. The van der Waals surface area contributed by atoms with Gasteiger partial charge in [-0.05, 0) is 24.6 Å². The van der Waals surface area contributed by atoms with E-state index in [1.165, 1.54) is 0 Å². The maximum atomic E-state index is 12.6. The third-order valence-corrected chi connectivity index (χ3v) is 4.95. The van der Waals surface area contributed by atoms with Gasteiger partial charge in [-0.1, -0.05) is 18.2 Å². The average molecular weight is 254 g/mol. The van der Waals surface area contributed by atoms with E-state index in [1.54, 1.807) is 0 Å². The van der Waals surface area contributed by atoms with Crippen LogP contribution in [0.4, 0.5) is 5.69 Å². The largest absolute Gasteiger partial charge is 0.362 e. The van der Waals surface area contributed by atoms with Gasteiger partial charge >= 0.3 is 0 Å². The third-order valence-electron chi connectivity index (χ3n) is 4.95. The maximum absolute atomic E-state index is 12.6. The number of anilines is 1. The molecule has 4 nitrogen and oxygen atoms in total. The summed E-state index contributed by atoms with van der Waals surface area (Å²) >= 11 is 0. The summed E-state index contributed by atoms with van der Waals surface area (Å²) in [6.07, 6.45) is 5.55. The summed E-state index contributed by atoms with van der Waals surface area (Å²) in [6.45, 7) is 0.797. The minimum Gasteiger partial charge on any atom is -0.362 e. The summed E-state index contributed by atoms with van der Waals surface area (Å²) in [5.74, 6) is 0.557. The van der Waals surface area contributed by atoms with Crippen LogP contribution in [0.1, 0.15) is 16.8 Å². The second kappa shape index (κ2) is 3.02. The Labute approximate surface area is 111 Å². The second-order valence-electron chi connectivity index (χ2n) is 5.85. The molecule has 0 saturated carbocycles. The monoisotopic (exact) mass is 254 g/mol. The van der Waals surface area contributed by atoms with Crippen molar-refractivity contribution >= 4 is 11.6 Å². The lowest BCUT2D eigenvalue weighted by Gasteiger charge is -2.38. The molecule has 4 heteroatoms. The molecular weight excluding hydrogens is 240 g/mol. The predicted molar refractivity (Wildman–Crippen MR) is 69.7 cm³/mol. The zero-order valence-corrected chi connectivity index (χ0v) is 10.4. The number of hydrogen-bond acceptors (Lipinski definition) is 3. The number of carbonyl (C=O) groups excluding carboxylic acids is 1. The summed E-state index contributed by atoms with van der Waals surface area (Å²) in [7, 11) is 0. The molecule has 1 N–H and O–H groups in total. The summed E-state index contributed by atoms with van der Waals surface area (Å²) in [5.41, 5.74) is 1.40. The van der Waals surface area contributed by atoms with Crippen molar-refractivity contribution in [3.05, 3.63) is 42.0 Å². The van der Waals surface area contributed by atoms with Gasteiger partial charge in [-0.25, -0.2) is 0 Å². The third kappa shape index (κ3) is 1.03. The smallest absolute Gasteiger partial charge is 0.257 e. The second-order valence-corrected chi connectivity index (χ2v) is 5.85. The van der Waals surface area contributed by atoms with E-state index in [0.717, 1.165) is 24.2 Å². The topological polar surface area (TPSA) is 41.6 Å². The van der Waals surface area contributed by atoms with Gasteiger partial charge in [0.2, 0.25) is 0 Å². The average Bonchev–Trinajstić information content (AvgIpc) is 3.08. The maximum Gasteiger partial charge on any atom is 0.257 e. The molecule has 0 radical (unpaired) electrons. The van der Waals surface area contributed by atoms with Crippen molar-refractivity contribution in [3.8, 4) is 0 Å². The summed E-state index contributed by atoms with van der Waals surface area (Å²) < 4.78 is 6.15. The molecule has 4 aliphatic heterocycles. The van der Waals surface area contributed by atoms with Crippen LogP contribution in [0.5, 0.6) is 0 Å². The van der Waals surface area contributed by atoms with Crippen LogP contribution in [-0.4, -0.2) is 35.2 Å². The SMILES string of the molecule is O=C1c2ccccc2N[C@H]2N1C[C@@H]1C[C@H]3C=C[C@]12O3. The van der Waals surface area contributed by atoms with Crippen LogP contribution < -0.4 is 5.32 Å². The molecule has 1 aromatic carbocycles. The van der Waals surface area contributed by atoms with E-state index in [0.29, 0.717) is 5.92 Å². The summed E-state index contributed by atoms with van der Waals surface area (Å²) in [6, 6.07) is 7.73. The van der Waals surface area contributed by atoms with E-state index < -0.39 is 0 Å². The molecular formula is C15H14N2O2. The molecule has 4 aliphatic rings. The van der Waals surface area contributed by atoms with Gasteiger partial charge in [-0.3, -0.25) is 4.79 Å². The fourth-order valence-electron chi connectivity index (χ4n) is 4.09. The molecule has 4 atom stereocenters. The lowest BCUT2D eigenvalue weighted by Crippen LogP contribution is -2.54. The zero-order valence-electron chi connectivity index (χ0n) is 10.4. The molecule has 0 unspecified atom stereocenters. The Morgan fingerprint density at radius 3 is 3.16 bits per heavy atom. The number of hydrogen-bond donors (Lipinski definition) is 1. The van der Waals surface area contributed by atoms with Crippen LogP contribution in [0.15, 0.2) is 36.4 Å². The highest BCUT2D eigenvalue weighted by molar-refractivity contribution is 6.02. The highest BCUT2D eigenvalue weighted by Gasteiger charge is 2.63. The van der Waals surface area contributed by atoms with Crippen LogP contribution in [0.25, 0.3) is 0 Å². The van der Waals surface area contributed by atoms with E-state index in [-0.39, 0.29) is 23.8 Å². The number of fused-ring (bicyclic) bond motifs is 3. The van der Waals surface area contributed by atoms with Crippen molar-refractivity contribution in [2.24, 2.45) is 5.92 Å². The lowest BCUT2D eigenvalue weighted by molar-refractivity contribution is -0.00255. The Bertz CT molecular complexity index is 626. The van der Waals surface area contributed by atoms with Crippen molar-refractivity contribution in [1.82, 2.24) is 4.90 Å². The van der Waals surface area contributed by atoms with Gasteiger partial charge in [0.05, 0.1) is 11.7 Å². The molecule has 0 aliphatic carbocycles. The molecule has 5 rings (SSSR count). The van der Waals surface area contributed by atoms with E-state index in [9.17, 15) is 4.79 Å². The van der Waals surface area contributed by atoms with E-state index in [2.05, 4.69) is 17.5 Å². The molecule has 2 bridgehead atoms. The first kappa shape index (κ1) is 10.0. The van der Waals surface area contributed by atoms with Crippen LogP contribution in [0.3, 0.4) is 0 Å². The first-order valence-electron chi connectivity index (χ1n) is 6.82. The number of ether oxygens (including phenoxy) is 1. The standard InChI is InChI=1S/C15H14N2O2/c18-13-11-3-1-2-4-12(11)16-14-15-6-5-10(19-15)7-9(15)8-17(13)14/h1-6,9-10,14,16H,7-8H2/t9-,10+,14-,15-/m0/s1. The van der Waals surface area contributed by atoms with Gasteiger partial charge in [0, 0.05) is 18.2 Å². The quantitative estimate of drug-likeness (QED) is 0.715. The van der Waals surface area contributed by atoms with Gasteiger partial charge in [0.25, 0.3) is 5.91 Å². The minimum absolute atomic E-state index is 0.0522. The molecule has 1 spiro atoms.